The highest BCUT2D eigenvalue weighted by Gasteiger charge is 2.29. The van der Waals surface area contributed by atoms with Crippen LogP contribution in [0.2, 0.25) is 0 Å². The minimum atomic E-state index is -0.440. The molecule has 3 aromatic rings. The highest BCUT2D eigenvalue weighted by molar-refractivity contribution is 7.99. The molecule has 1 fully saturated rings. The molecule has 2 aromatic heterocycles. The summed E-state index contributed by atoms with van der Waals surface area (Å²) in [5.41, 5.74) is 3.22. The van der Waals surface area contributed by atoms with Crippen molar-refractivity contribution in [3.05, 3.63) is 42.1 Å². The van der Waals surface area contributed by atoms with E-state index in [2.05, 4.69) is 36.1 Å². The Morgan fingerprint density at radius 1 is 0.947 bits per heavy atom. The Balaban J connectivity index is 1.40. The molecule has 0 radical (unpaired) electrons. The summed E-state index contributed by atoms with van der Waals surface area (Å²) in [5.74, 6) is 0.929. The zero-order valence-corrected chi connectivity index (χ0v) is 21.7. The van der Waals surface area contributed by atoms with E-state index in [-0.39, 0.29) is 30.6 Å². The topological polar surface area (TPSA) is 174 Å². The molecular weight excluding hydrogens is 508 g/mol. The van der Waals surface area contributed by atoms with Gasteiger partial charge < -0.3 is 16.0 Å². The molecule has 0 bridgehead atoms. The van der Waals surface area contributed by atoms with Gasteiger partial charge in [-0.25, -0.2) is 15.4 Å². The molecule has 4 rings (SSSR count). The number of carbonyl (C=O) groups is 3. The van der Waals surface area contributed by atoms with E-state index in [1.165, 1.54) is 11.8 Å². The number of rotatable bonds is 13. The number of amides is 3. The summed E-state index contributed by atoms with van der Waals surface area (Å²) < 4.78 is 0. The van der Waals surface area contributed by atoms with Crippen LogP contribution < -0.4 is 21.4 Å². The van der Waals surface area contributed by atoms with Crippen molar-refractivity contribution >= 4 is 52.6 Å². The summed E-state index contributed by atoms with van der Waals surface area (Å²) >= 11 is 1.32. The molecule has 1 aromatic carbocycles. The molecule has 0 saturated heterocycles. The van der Waals surface area contributed by atoms with Gasteiger partial charge in [-0.05, 0) is 68.6 Å². The molecule has 1 aliphatic rings. The van der Waals surface area contributed by atoms with Crippen molar-refractivity contribution in [2.45, 2.75) is 61.9 Å². The number of hydrogen-bond donors (Lipinski definition) is 6. The molecule has 1 saturated carbocycles. The predicted molar refractivity (Wildman–Crippen MR) is 142 cm³/mol. The number of nitrogens with zero attached hydrogens (tertiary/aromatic N) is 3. The Labute approximate surface area is 223 Å². The molecule has 12 nitrogen and oxygen atoms in total. The lowest BCUT2D eigenvalue weighted by Gasteiger charge is -2.10. The van der Waals surface area contributed by atoms with Gasteiger partial charge in [0, 0.05) is 47.2 Å². The summed E-state index contributed by atoms with van der Waals surface area (Å²) in [4.78, 5) is 45.5. The molecule has 3 amide bonds. The van der Waals surface area contributed by atoms with Crippen LogP contribution in [0.4, 0.5) is 23.1 Å². The molecule has 38 heavy (non-hydrogen) atoms. The van der Waals surface area contributed by atoms with Crippen LogP contribution in [0, 0.1) is 12.8 Å². The van der Waals surface area contributed by atoms with E-state index in [1.807, 2.05) is 37.3 Å². The molecule has 0 aliphatic heterocycles. The lowest BCUT2D eigenvalue weighted by atomic mass is 10.1. The molecule has 2 heterocycles. The maximum absolute atomic E-state index is 12.5. The molecule has 0 unspecified atom stereocenters. The third-order valence-corrected chi connectivity index (χ3v) is 6.52. The number of hydrogen-bond acceptors (Lipinski definition) is 9. The monoisotopic (exact) mass is 538 g/mol. The largest absolute Gasteiger partial charge is 0.326 e. The maximum atomic E-state index is 12.5. The van der Waals surface area contributed by atoms with Gasteiger partial charge in [0.05, 0.1) is 0 Å². The smallest absolute Gasteiger partial charge is 0.243 e. The fraction of sp³-hybridized carbons (Fsp3) is 0.360. The highest BCUT2D eigenvalue weighted by Crippen LogP contribution is 2.32. The Kier molecular flexibility index (Phi) is 9.27. The molecular formula is C25H30N8O4S. The molecule has 6 N–H and O–H groups in total. The van der Waals surface area contributed by atoms with Gasteiger partial charge in [0.25, 0.3) is 0 Å². The van der Waals surface area contributed by atoms with E-state index in [1.54, 1.807) is 11.5 Å². The van der Waals surface area contributed by atoms with Crippen molar-refractivity contribution in [3.63, 3.8) is 0 Å². The van der Waals surface area contributed by atoms with E-state index < -0.39 is 5.91 Å². The van der Waals surface area contributed by atoms with Gasteiger partial charge in [-0.1, -0.05) is 6.42 Å². The Morgan fingerprint density at radius 3 is 2.32 bits per heavy atom. The summed E-state index contributed by atoms with van der Waals surface area (Å²) in [7, 11) is 0. The van der Waals surface area contributed by atoms with Gasteiger partial charge in [-0.15, -0.1) is 0 Å². The van der Waals surface area contributed by atoms with E-state index in [9.17, 15) is 14.4 Å². The Bertz CT molecular complexity index is 1280. The normalized spacial score (nSPS) is 12.6. The molecule has 13 heteroatoms. The van der Waals surface area contributed by atoms with Crippen LogP contribution in [0.1, 0.15) is 50.6 Å². The second-order valence-corrected chi connectivity index (χ2v) is 10.1. The third-order valence-electron chi connectivity index (χ3n) is 5.65. The number of carbonyl (C=O) groups excluding carboxylic acids is 3. The minimum Gasteiger partial charge on any atom is -0.326 e. The SMILES string of the molecule is Cc1cc(Nc2cc(NC(=O)CCCCCC(=O)NO)nc(Sc3ccc(NC(=O)C4CC4)cc3)n2)n[nH]1. The number of aryl methyl sites for hydroxylation is 1. The van der Waals surface area contributed by atoms with Crippen LogP contribution in [-0.2, 0) is 14.4 Å². The van der Waals surface area contributed by atoms with Gasteiger partial charge >= 0.3 is 0 Å². The van der Waals surface area contributed by atoms with Crippen molar-refractivity contribution < 1.29 is 19.6 Å². The van der Waals surface area contributed by atoms with Crippen molar-refractivity contribution in [3.8, 4) is 0 Å². The van der Waals surface area contributed by atoms with Crippen LogP contribution in [-0.4, -0.2) is 43.1 Å². The average molecular weight is 539 g/mol. The first-order valence-electron chi connectivity index (χ1n) is 12.4. The number of nitrogens with one attached hydrogen (secondary N) is 5. The Morgan fingerprint density at radius 2 is 1.66 bits per heavy atom. The van der Waals surface area contributed by atoms with Crippen molar-refractivity contribution in [1.29, 1.82) is 0 Å². The zero-order chi connectivity index (χ0) is 26.9. The summed E-state index contributed by atoms with van der Waals surface area (Å²) in [5, 5.41) is 24.9. The van der Waals surface area contributed by atoms with Crippen molar-refractivity contribution in [1.82, 2.24) is 25.6 Å². The van der Waals surface area contributed by atoms with Crippen LogP contribution in [0.3, 0.4) is 0 Å². The first-order valence-corrected chi connectivity index (χ1v) is 13.2. The maximum Gasteiger partial charge on any atom is 0.243 e. The number of benzene rings is 1. The minimum absolute atomic E-state index is 0.0529. The highest BCUT2D eigenvalue weighted by atomic mass is 32.2. The van der Waals surface area contributed by atoms with Gasteiger partial charge in [-0.3, -0.25) is 24.7 Å². The number of anilines is 4. The summed E-state index contributed by atoms with van der Waals surface area (Å²) in [6.45, 7) is 1.89. The summed E-state index contributed by atoms with van der Waals surface area (Å²) in [6, 6.07) is 10.9. The lowest BCUT2D eigenvalue weighted by Crippen LogP contribution is -2.17. The second kappa shape index (κ2) is 13.0. The van der Waals surface area contributed by atoms with E-state index in [4.69, 9.17) is 5.21 Å². The first kappa shape index (κ1) is 27.1. The quantitative estimate of drug-likeness (QED) is 0.0808. The summed E-state index contributed by atoms with van der Waals surface area (Å²) in [6.07, 6.45) is 4.21. The van der Waals surface area contributed by atoms with E-state index in [0.29, 0.717) is 41.9 Å². The Hall–Kier alpha value is -3.97. The van der Waals surface area contributed by atoms with Crippen LogP contribution in [0.25, 0.3) is 0 Å². The van der Waals surface area contributed by atoms with Crippen LogP contribution in [0.5, 0.6) is 0 Å². The predicted octanol–water partition coefficient (Wildman–Crippen LogP) is 4.15. The molecule has 200 valence electrons. The van der Waals surface area contributed by atoms with Crippen LogP contribution >= 0.6 is 11.8 Å². The van der Waals surface area contributed by atoms with Crippen LogP contribution in [0.15, 0.2) is 46.5 Å². The number of aromatic nitrogens is 4. The van der Waals surface area contributed by atoms with Crippen molar-refractivity contribution in [2.24, 2.45) is 5.92 Å². The standard InChI is InChI=1S/C25H30N8O4S/c1-15-13-21(32-31-15)27-19-14-20(28-22(34)5-3-2-4-6-23(35)33-37)30-25(29-19)38-18-11-9-17(10-12-18)26-24(36)16-7-8-16/h9-14,16,37H,2-8H2,1H3,(H,26,36)(H,33,35)(H3,27,28,29,30,31,32,34). The van der Waals surface area contributed by atoms with E-state index >= 15 is 0 Å². The fourth-order valence-corrected chi connectivity index (χ4v) is 4.29. The zero-order valence-electron chi connectivity index (χ0n) is 20.9. The number of aromatic amines is 1. The van der Waals surface area contributed by atoms with E-state index in [0.717, 1.165) is 29.1 Å². The number of unbranched alkanes of at least 4 members (excludes halogenated alkanes) is 2. The van der Waals surface area contributed by atoms with Gasteiger partial charge in [0.2, 0.25) is 17.7 Å². The molecule has 0 spiro atoms. The van der Waals surface area contributed by atoms with Gasteiger partial charge in [-0.2, -0.15) is 5.10 Å². The third kappa shape index (κ3) is 8.56. The number of hydroxylamine groups is 1. The number of H-pyrrole nitrogens is 1. The van der Waals surface area contributed by atoms with Gasteiger partial charge in [0.15, 0.2) is 11.0 Å². The molecule has 0 atom stereocenters. The first-order chi connectivity index (χ1) is 18.4. The van der Waals surface area contributed by atoms with Gasteiger partial charge in [0.1, 0.15) is 11.6 Å². The lowest BCUT2D eigenvalue weighted by molar-refractivity contribution is -0.129. The van der Waals surface area contributed by atoms with Crippen molar-refractivity contribution in [2.75, 3.05) is 16.0 Å². The molecule has 1 aliphatic carbocycles. The fourth-order valence-electron chi connectivity index (χ4n) is 3.52. The second-order valence-electron chi connectivity index (χ2n) is 9.02. The average Bonchev–Trinajstić information content (AvgIpc) is 3.67.